The Labute approximate surface area is 129 Å². The van der Waals surface area contributed by atoms with Crippen LogP contribution in [0.2, 0.25) is 0 Å². The molecule has 112 valence electrons. The van der Waals surface area contributed by atoms with Gasteiger partial charge >= 0.3 is 0 Å². The number of ether oxygens (including phenoxy) is 1. The first-order valence-corrected chi connectivity index (χ1v) is 7.23. The number of benzene rings is 2. The number of carbonyl (C=O) groups is 2. The van der Waals surface area contributed by atoms with E-state index in [1.54, 1.807) is 31.4 Å². The molecule has 0 aromatic heterocycles. The monoisotopic (exact) mass is 295 g/mol. The number of anilines is 1. The van der Waals surface area contributed by atoms with E-state index in [0.717, 1.165) is 16.9 Å². The van der Waals surface area contributed by atoms with Crippen LogP contribution in [-0.4, -0.2) is 18.8 Å². The van der Waals surface area contributed by atoms with Crippen molar-refractivity contribution in [2.45, 2.75) is 12.8 Å². The molecule has 1 aliphatic carbocycles. The SMILES string of the molecule is COc1ccc(NC(=O)C2CC(=O)c3ccccc3C2)cc1. The molecular weight excluding hydrogens is 278 g/mol. The van der Waals surface area contributed by atoms with Crippen molar-refractivity contribution in [2.24, 2.45) is 5.92 Å². The minimum absolute atomic E-state index is 0.0386. The third-order valence-corrected chi connectivity index (χ3v) is 3.94. The molecule has 1 amide bonds. The minimum atomic E-state index is -0.315. The molecule has 1 atom stereocenters. The number of carbonyl (C=O) groups excluding carboxylic acids is 2. The number of nitrogens with one attached hydrogen (secondary N) is 1. The lowest BCUT2D eigenvalue weighted by Crippen LogP contribution is -2.30. The third kappa shape index (κ3) is 2.86. The smallest absolute Gasteiger partial charge is 0.228 e. The first-order chi connectivity index (χ1) is 10.7. The van der Waals surface area contributed by atoms with Gasteiger partial charge in [-0.25, -0.2) is 0 Å². The fourth-order valence-electron chi connectivity index (χ4n) is 2.75. The lowest BCUT2D eigenvalue weighted by molar-refractivity contribution is -0.119. The van der Waals surface area contributed by atoms with Crippen molar-refractivity contribution in [1.82, 2.24) is 0 Å². The highest BCUT2D eigenvalue weighted by atomic mass is 16.5. The van der Waals surface area contributed by atoms with E-state index in [-0.39, 0.29) is 24.0 Å². The van der Waals surface area contributed by atoms with Gasteiger partial charge in [0.05, 0.1) is 7.11 Å². The van der Waals surface area contributed by atoms with Crippen molar-refractivity contribution < 1.29 is 14.3 Å². The molecule has 2 aromatic carbocycles. The van der Waals surface area contributed by atoms with Crippen LogP contribution in [-0.2, 0) is 11.2 Å². The van der Waals surface area contributed by atoms with E-state index in [4.69, 9.17) is 4.74 Å². The van der Waals surface area contributed by atoms with Gasteiger partial charge in [-0.2, -0.15) is 0 Å². The summed E-state index contributed by atoms with van der Waals surface area (Å²) in [6, 6.07) is 14.7. The number of fused-ring (bicyclic) bond motifs is 1. The van der Waals surface area contributed by atoms with Gasteiger partial charge in [-0.3, -0.25) is 9.59 Å². The summed E-state index contributed by atoms with van der Waals surface area (Å²) in [4.78, 5) is 24.5. The number of hydrogen-bond donors (Lipinski definition) is 1. The number of Topliss-reactive ketones (excluding diaryl/α,β-unsaturated/α-hetero) is 1. The second kappa shape index (κ2) is 6.02. The Morgan fingerprint density at radius 2 is 1.82 bits per heavy atom. The van der Waals surface area contributed by atoms with Crippen LogP contribution in [0.15, 0.2) is 48.5 Å². The Kier molecular flexibility index (Phi) is 3.92. The molecule has 1 unspecified atom stereocenters. The fraction of sp³-hybridized carbons (Fsp3) is 0.222. The number of methoxy groups -OCH3 is 1. The molecule has 0 saturated heterocycles. The number of ketones is 1. The molecule has 4 nitrogen and oxygen atoms in total. The largest absolute Gasteiger partial charge is 0.497 e. The summed E-state index contributed by atoms with van der Waals surface area (Å²) in [5, 5.41) is 2.87. The van der Waals surface area contributed by atoms with Crippen molar-refractivity contribution in [2.75, 3.05) is 12.4 Å². The zero-order valence-corrected chi connectivity index (χ0v) is 12.3. The van der Waals surface area contributed by atoms with E-state index < -0.39 is 0 Å². The van der Waals surface area contributed by atoms with E-state index in [0.29, 0.717) is 12.1 Å². The van der Waals surface area contributed by atoms with Crippen LogP contribution in [0.3, 0.4) is 0 Å². The zero-order chi connectivity index (χ0) is 15.5. The molecule has 0 saturated carbocycles. The molecule has 3 rings (SSSR count). The average molecular weight is 295 g/mol. The van der Waals surface area contributed by atoms with Gasteiger partial charge in [0.2, 0.25) is 5.91 Å². The summed E-state index contributed by atoms with van der Waals surface area (Å²) in [7, 11) is 1.60. The maximum Gasteiger partial charge on any atom is 0.228 e. The van der Waals surface area contributed by atoms with Gasteiger partial charge in [0, 0.05) is 23.6 Å². The Morgan fingerprint density at radius 3 is 2.55 bits per heavy atom. The highest BCUT2D eigenvalue weighted by Crippen LogP contribution is 2.26. The van der Waals surface area contributed by atoms with E-state index in [1.165, 1.54) is 0 Å². The van der Waals surface area contributed by atoms with Gasteiger partial charge < -0.3 is 10.1 Å². The predicted octanol–water partition coefficient (Wildman–Crippen LogP) is 3.08. The quantitative estimate of drug-likeness (QED) is 0.946. The minimum Gasteiger partial charge on any atom is -0.497 e. The molecule has 0 spiro atoms. The highest BCUT2D eigenvalue weighted by molar-refractivity contribution is 6.03. The summed E-state index contributed by atoms with van der Waals surface area (Å²) in [5.74, 6) is 0.342. The van der Waals surface area contributed by atoms with Gasteiger partial charge in [0.25, 0.3) is 0 Å². The van der Waals surface area contributed by atoms with Crippen molar-refractivity contribution in [3.63, 3.8) is 0 Å². The highest BCUT2D eigenvalue weighted by Gasteiger charge is 2.29. The van der Waals surface area contributed by atoms with E-state index in [2.05, 4.69) is 5.32 Å². The topological polar surface area (TPSA) is 55.4 Å². The van der Waals surface area contributed by atoms with Crippen molar-refractivity contribution in [3.8, 4) is 5.75 Å². The third-order valence-electron chi connectivity index (χ3n) is 3.94. The first kappa shape index (κ1) is 14.3. The van der Waals surface area contributed by atoms with Gasteiger partial charge in [-0.1, -0.05) is 24.3 Å². The van der Waals surface area contributed by atoms with Gasteiger partial charge in [0.1, 0.15) is 5.75 Å². The fourth-order valence-corrected chi connectivity index (χ4v) is 2.75. The van der Waals surface area contributed by atoms with Gasteiger partial charge in [-0.15, -0.1) is 0 Å². The van der Waals surface area contributed by atoms with Crippen LogP contribution < -0.4 is 10.1 Å². The zero-order valence-electron chi connectivity index (χ0n) is 12.3. The Balaban J connectivity index is 1.72. The van der Waals surface area contributed by atoms with Gasteiger partial charge in [-0.05, 0) is 36.2 Å². The standard InChI is InChI=1S/C18H17NO3/c1-22-15-8-6-14(7-9-15)19-18(21)13-10-12-4-2-3-5-16(12)17(20)11-13/h2-9,13H,10-11H2,1H3,(H,19,21). The van der Waals surface area contributed by atoms with Gasteiger partial charge in [0.15, 0.2) is 5.78 Å². The van der Waals surface area contributed by atoms with Crippen molar-refractivity contribution in [3.05, 3.63) is 59.7 Å². The van der Waals surface area contributed by atoms with Crippen LogP contribution in [0.4, 0.5) is 5.69 Å². The van der Waals surface area contributed by atoms with Crippen molar-refractivity contribution >= 4 is 17.4 Å². The Bertz CT molecular complexity index is 707. The summed E-state index contributed by atoms with van der Waals surface area (Å²) in [5.41, 5.74) is 2.40. The molecule has 0 fully saturated rings. The van der Waals surface area contributed by atoms with Crippen LogP contribution in [0.1, 0.15) is 22.3 Å². The summed E-state index contributed by atoms with van der Waals surface area (Å²) in [6.07, 6.45) is 0.864. The normalized spacial score (nSPS) is 16.8. The molecule has 4 heteroatoms. The molecule has 2 aromatic rings. The van der Waals surface area contributed by atoms with Crippen LogP contribution in [0.5, 0.6) is 5.75 Å². The van der Waals surface area contributed by atoms with Crippen LogP contribution in [0, 0.1) is 5.92 Å². The Morgan fingerprint density at radius 1 is 1.09 bits per heavy atom. The van der Waals surface area contributed by atoms with E-state index >= 15 is 0 Å². The lowest BCUT2D eigenvalue weighted by atomic mass is 9.82. The number of rotatable bonds is 3. The molecule has 0 radical (unpaired) electrons. The molecule has 0 heterocycles. The molecular formula is C18H17NO3. The van der Waals surface area contributed by atoms with E-state index in [9.17, 15) is 9.59 Å². The number of amides is 1. The summed E-state index contributed by atoms with van der Waals surface area (Å²) in [6.45, 7) is 0. The second-order valence-corrected chi connectivity index (χ2v) is 5.40. The molecule has 0 aliphatic heterocycles. The maximum atomic E-state index is 12.4. The Hall–Kier alpha value is -2.62. The van der Waals surface area contributed by atoms with E-state index in [1.807, 2.05) is 24.3 Å². The average Bonchev–Trinajstić information content (AvgIpc) is 2.55. The van der Waals surface area contributed by atoms with Crippen LogP contribution in [0.25, 0.3) is 0 Å². The maximum absolute atomic E-state index is 12.4. The first-order valence-electron chi connectivity index (χ1n) is 7.23. The predicted molar refractivity (Wildman–Crippen MR) is 84.2 cm³/mol. The molecule has 1 aliphatic rings. The number of hydrogen-bond acceptors (Lipinski definition) is 3. The molecule has 1 N–H and O–H groups in total. The molecule has 0 bridgehead atoms. The lowest BCUT2D eigenvalue weighted by Gasteiger charge is -2.22. The summed E-state index contributed by atoms with van der Waals surface area (Å²) < 4.78 is 5.09. The summed E-state index contributed by atoms with van der Waals surface area (Å²) >= 11 is 0. The van der Waals surface area contributed by atoms with Crippen LogP contribution >= 0.6 is 0 Å². The van der Waals surface area contributed by atoms with Crippen molar-refractivity contribution in [1.29, 1.82) is 0 Å². The second-order valence-electron chi connectivity index (χ2n) is 5.40. The molecule has 22 heavy (non-hydrogen) atoms.